The monoisotopic (exact) mass is 343 g/mol. The lowest BCUT2D eigenvalue weighted by Crippen LogP contribution is -2.17. The van der Waals surface area contributed by atoms with Gasteiger partial charge in [0.05, 0.1) is 6.04 Å². The summed E-state index contributed by atoms with van der Waals surface area (Å²) in [7, 11) is 2.01. The van der Waals surface area contributed by atoms with Crippen LogP contribution < -0.4 is 5.32 Å². The van der Waals surface area contributed by atoms with E-state index in [1.54, 1.807) is 11.3 Å². The molecule has 0 fully saturated rings. The number of hydrogen-bond donors (Lipinski definition) is 1. The minimum absolute atomic E-state index is 0.309. The number of nitrogens with one attached hydrogen (secondary N) is 1. The average Bonchev–Trinajstić information content (AvgIpc) is 2.69. The molecule has 0 aliphatic rings. The summed E-state index contributed by atoms with van der Waals surface area (Å²) in [5, 5.41) is 5.54. The van der Waals surface area contributed by atoms with E-state index in [-0.39, 0.29) is 0 Å². The molecule has 1 atom stereocenters. The molecule has 16 heavy (non-hydrogen) atoms. The zero-order valence-electron chi connectivity index (χ0n) is 9.33. The van der Waals surface area contributed by atoms with Crippen molar-refractivity contribution >= 4 is 33.9 Å². The van der Waals surface area contributed by atoms with Crippen LogP contribution in [0.4, 0.5) is 0 Å². The van der Waals surface area contributed by atoms with Crippen LogP contribution in [0.2, 0.25) is 0 Å². The van der Waals surface area contributed by atoms with Crippen molar-refractivity contribution in [2.24, 2.45) is 0 Å². The van der Waals surface area contributed by atoms with Gasteiger partial charge in [0.15, 0.2) is 0 Å². The number of halogens is 1. The predicted octanol–water partition coefficient (Wildman–Crippen LogP) is 3.97. The van der Waals surface area contributed by atoms with Crippen molar-refractivity contribution in [3.8, 4) is 0 Å². The molecule has 1 unspecified atom stereocenters. The first-order chi connectivity index (χ1) is 7.72. The highest BCUT2D eigenvalue weighted by Crippen LogP contribution is 2.28. The van der Waals surface area contributed by atoms with Gasteiger partial charge in [0, 0.05) is 8.45 Å². The Bertz CT molecular complexity index is 461. The van der Waals surface area contributed by atoms with E-state index in [2.05, 4.69) is 70.5 Å². The van der Waals surface area contributed by atoms with Crippen LogP contribution in [0.15, 0.2) is 35.7 Å². The van der Waals surface area contributed by atoms with E-state index in [1.807, 2.05) is 7.05 Å². The van der Waals surface area contributed by atoms with Gasteiger partial charge < -0.3 is 5.32 Å². The second kappa shape index (κ2) is 5.29. The second-order valence-electron chi connectivity index (χ2n) is 3.71. The molecular weight excluding hydrogens is 329 g/mol. The Kier molecular flexibility index (Phi) is 4.00. The van der Waals surface area contributed by atoms with Gasteiger partial charge >= 0.3 is 0 Å². The van der Waals surface area contributed by atoms with E-state index in [0.717, 1.165) is 0 Å². The summed E-state index contributed by atoms with van der Waals surface area (Å²) < 4.78 is 1.28. The first kappa shape index (κ1) is 12.1. The fourth-order valence-corrected chi connectivity index (χ4v) is 2.95. The maximum Gasteiger partial charge on any atom is 0.0585 e. The number of thiophene rings is 1. The highest BCUT2D eigenvalue weighted by molar-refractivity contribution is 14.1. The van der Waals surface area contributed by atoms with E-state index in [1.165, 1.54) is 19.6 Å². The van der Waals surface area contributed by atoms with E-state index in [0.29, 0.717) is 6.04 Å². The third-order valence-electron chi connectivity index (χ3n) is 2.70. The van der Waals surface area contributed by atoms with Crippen molar-refractivity contribution in [2.75, 3.05) is 7.05 Å². The SMILES string of the molecule is CNC(c1ccc(I)cc1)c1ccsc1C. The normalized spacial score (nSPS) is 12.7. The highest BCUT2D eigenvalue weighted by atomic mass is 127. The molecule has 1 aromatic carbocycles. The van der Waals surface area contributed by atoms with Crippen LogP contribution in [0.25, 0.3) is 0 Å². The Labute approximate surface area is 114 Å². The van der Waals surface area contributed by atoms with Crippen molar-refractivity contribution in [1.82, 2.24) is 5.32 Å². The molecule has 0 bridgehead atoms. The average molecular weight is 343 g/mol. The second-order valence-corrected chi connectivity index (χ2v) is 6.07. The minimum atomic E-state index is 0.309. The molecule has 2 rings (SSSR count). The van der Waals surface area contributed by atoms with E-state index in [4.69, 9.17) is 0 Å². The van der Waals surface area contributed by atoms with Crippen molar-refractivity contribution < 1.29 is 0 Å². The van der Waals surface area contributed by atoms with Gasteiger partial charge in [-0.3, -0.25) is 0 Å². The summed E-state index contributed by atoms with van der Waals surface area (Å²) in [5.74, 6) is 0. The molecule has 0 saturated heterocycles. The standard InChI is InChI=1S/C13H14INS/c1-9-12(7-8-16-9)13(15-2)10-3-5-11(14)6-4-10/h3-8,13,15H,1-2H3. The molecule has 0 aliphatic heterocycles. The Morgan fingerprint density at radius 2 is 1.88 bits per heavy atom. The topological polar surface area (TPSA) is 12.0 Å². The van der Waals surface area contributed by atoms with Crippen LogP contribution in [0.1, 0.15) is 22.0 Å². The Balaban J connectivity index is 2.37. The molecular formula is C13H14INS. The quantitative estimate of drug-likeness (QED) is 0.832. The minimum Gasteiger partial charge on any atom is -0.309 e. The van der Waals surface area contributed by atoms with Crippen LogP contribution in [0.3, 0.4) is 0 Å². The Morgan fingerprint density at radius 3 is 2.38 bits per heavy atom. The van der Waals surface area contributed by atoms with Crippen LogP contribution in [-0.4, -0.2) is 7.05 Å². The van der Waals surface area contributed by atoms with Gasteiger partial charge in [-0.25, -0.2) is 0 Å². The largest absolute Gasteiger partial charge is 0.309 e. The molecule has 3 heteroatoms. The van der Waals surface area contributed by atoms with Crippen LogP contribution in [0.5, 0.6) is 0 Å². The predicted molar refractivity (Wildman–Crippen MR) is 79.1 cm³/mol. The van der Waals surface area contributed by atoms with Gasteiger partial charge in [-0.2, -0.15) is 0 Å². The molecule has 2 aromatic rings. The Morgan fingerprint density at radius 1 is 1.19 bits per heavy atom. The number of hydrogen-bond acceptors (Lipinski definition) is 2. The molecule has 0 radical (unpaired) electrons. The molecule has 1 nitrogen and oxygen atoms in total. The fraction of sp³-hybridized carbons (Fsp3) is 0.231. The van der Waals surface area contributed by atoms with Gasteiger partial charge in [-0.15, -0.1) is 11.3 Å². The Hall–Kier alpha value is -0.390. The van der Waals surface area contributed by atoms with Crippen molar-refractivity contribution in [1.29, 1.82) is 0 Å². The molecule has 1 heterocycles. The van der Waals surface area contributed by atoms with Crippen molar-refractivity contribution in [3.63, 3.8) is 0 Å². The first-order valence-corrected chi connectivity index (χ1v) is 7.15. The third-order valence-corrected chi connectivity index (χ3v) is 4.28. The van der Waals surface area contributed by atoms with Gasteiger partial charge in [0.2, 0.25) is 0 Å². The maximum absolute atomic E-state index is 3.39. The van der Waals surface area contributed by atoms with Crippen LogP contribution >= 0.6 is 33.9 Å². The molecule has 84 valence electrons. The van der Waals surface area contributed by atoms with E-state index in [9.17, 15) is 0 Å². The summed E-state index contributed by atoms with van der Waals surface area (Å²) in [5.41, 5.74) is 2.71. The van der Waals surface area contributed by atoms with E-state index >= 15 is 0 Å². The molecule has 1 aromatic heterocycles. The lowest BCUT2D eigenvalue weighted by atomic mass is 10.00. The summed E-state index contributed by atoms with van der Waals surface area (Å²) in [6, 6.07) is 11.2. The van der Waals surface area contributed by atoms with Crippen molar-refractivity contribution in [2.45, 2.75) is 13.0 Å². The third kappa shape index (κ3) is 2.47. The number of rotatable bonds is 3. The first-order valence-electron chi connectivity index (χ1n) is 5.19. The van der Waals surface area contributed by atoms with Crippen LogP contribution in [-0.2, 0) is 0 Å². The fourth-order valence-electron chi connectivity index (χ4n) is 1.85. The lowest BCUT2D eigenvalue weighted by molar-refractivity contribution is 0.691. The van der Waals surface area contributed by atoms with Crippen LogP contribution in [0, 0.1) is 10.5 Å². The maximum atomic E-state index is 3.39. The number of aryl methyl sites for hydroxylation is 1. The molecule has 0 amide bonds. The molecule has 0 saturated carbocycles. The number of benzene rings is 1. The molecule has 0 spiro atoms. The lowest BCUT2D eigenvalue weighted by Gasteiger charge is -2.16. The van der Waals surface area contributed by atoms with Crippen molar-refractivity contribution in [3.05, 3.63) is 55.3 Å². The van der Waals surface area contributed by atoms with Gasteiger partial charge in [-0.1, -0.05) is 12.1 Å². The highest BCUT2D eigenvalue weighted by Gasteiger charge is 2.14. The van der Waals surface area contributed by atoms with Gasteiger partial charge in [0.25, 0.3) is 0 Å². The van der Waals surface area contributed by atoms with Gasteiger partial charge in [-0.05, 0) is 71.3 Å². The zero-order chi connectivity index (χ0) is 11.5. The molecule has 0 aliphatic carbocycles. The zero-order valence-corrected chi connectivity index (χ0v) is 12.3. The van der Waals surface area contributed by atoms with E-state index < -0.39 is 0 Å². The summed E-state index contributed by atoms with van der Waals surface area (Å²) in [4.78, 5) is 1.39. The smallest absolute Gasteiger partial charge is 0.0585 e. The summed E-state index contributed by atoms with van der Waals surface area (Å²) in [6.45, 7) is 2.18. The molecule has 1 N–H and O–H groups in total. The summed E-state index contributed by atoms with van der Waals surface area (Å²) >= 11 is 4.14. The summed E-state index contributed by atoms with van der Waals surface area (Å²) in [6.07, 6.45) is 0. The van der Waals surface area contributed by atoms with Gasteiger partial charge in [0.1, 0.15) is 0 Å².